The van der Waals surface area contributed by atoms with E-state index in [0.717, 1.165) is 17.6 Å². The predicted molar refractivity (Wildman–Crippen MR) is 91.9 cm³/mol. The first-order chi connectivity index (χ1) is 11.2. The van der Waals surface area contributed by atoms with Crippen LogP contribution >= 0.6 is 0 Å². The van der Waals surface area contributed by atoms with E-state index in [1.54, 1.807) is 0 Å². The van der Waals surface area contributed by atoms with Gasteiger partial charge < -0.3 is 4.57 Å². The maximum absolute atomic E-state index is 4.31. The Balaban J connectivity index is 1.77. The molecule has 4 aromatic rings. The van der Waals surface area contributed by atoms with Gasteiger partial charge in [-0.1, -0.05) is 35.5 Å². The third kappa shape index (κ3) is 2.32. The Labute approximate surface area is 135 Å². The van der Waals surface area contributed by atoms with Crippen molar-refractivity contribution in [3.05, 3.63) is 77.6 Å². The smallest absolute Gasteiger partial charge is 0.113 e. The lowest BCUT2D eigenvalue weighted by molar-refractivity contribution is 0.664. The van der Waals surface area contributed by atoms with Gasteiger partial charge in [0, 0.05) is 17.6 Å². The summed E-state index contributed by atoms with van der Waals surface area (Å²) >= 11 is 0. The maximum Gasteiger partial charge on any atom is 0.113 e. The van der Waals surface area contributed by atoms with Crippen LogP contribution in [-0.2, 0) is 6.54 Å². The summed E-state index contributed by atoms with van der Waals surface area (Å²) < 4.78 is 4.21. The van der Waals surface area contributed by atoms with Crippen molar-refractivity contribution < 1.29 is 0 Å². The van der Waals surface area contributed by atoms with Gasteiger partial charge in [-0.25, -0.2) is 4.68 Å². The van der Waals surface area contributed by atoms with Gasteiger partial charge in [-0.15, -0.1) is 5.10 Å². The molecule has 0 atom stereocenters. The molecule has 0 amide bonds. The van der Waals surface area contributed by atoms with Crippen molar-refractivity contribution in [3.8, 4) is 5.69 Å². The first-order valence-electron chi connectivity index (χ1n) is 7.75. The first kappa shape index (κ1) is 13.8. The summed E-state index contributed by atoms with van der Waals surface area (Å²) in [5, 5.41) is 8.56. The van der Waals surface area contributed by atoms with E-state index in [2.05, 4.69) is 65.3 Å². The van der Waals surface area contributed by atoms with E-state index < -0.39 is 0 Å². The van der Waals surface area contributed by atoms with Crippen molar-refractivity contribution in [2.45, 2.75) is 20.4 Å². The molecule has 0 saturated heterocycles. The lowest BCUT2D eigenvalue weighted by atomic mass is 10.1. The molecular formula is C19H18N4. The number of aryl methyl sites for hydroxylation is 1. The van der Waals surface area contributed by atoms with Gasteiger partial charge in [-0.2, -0.15) is 0 Å². The molecule has 0 aliphatic heterocycles. The summed E-state index contributed by atoms with van der Waals surface area (Å²) in [5.41, 5.74) is 7.00. The molecular weight excluding hydrogens is 284 g/mol. The fourth-order valence-electron chi connectivity index (χ4n) is 3.08. The zero-order valence-corrected chi connectivity index (χ0v) is 13.3. The highest BCUT2D eigenvalue weighted by Crippen LogP contribution is 2.22. The van der Waals surface area contributed by atoms with E-state index >= 15 is 0 Å². The second kappa shape index (κ2) is 5.39. The molecule has 0 spiro atoms. The van der Waals surface area contributed by atoms with Gasteiger partial charge in [0.1, 0.15) is 5.52 Å². The summed E-state index contributed by atoms with van der Waals surface area (Å²) in [6.07, 6.45) is 2.19. The molecule has 0 unspecified atom stereocenters. The molecule has 0 aliphatic rings. The van der Waals surface area contributed by atoms with Crippen LogP contribution in [-0.4, -0.2) is 19.6 Å². The molecule has 4 nitrogen and oxygen atoms in total. The minimum absolute atomic E-state index is 0.734. The molecule has 2 aromatic heterocycles. The van der Waals surface area contributed by atoms with E-state index in [4.69, 9.17) is 0 Å². The minimum atomic E-state index is 0.734. The zero-order valence-electron chi connectivity index (χ0n) is 13.3. The largest absolute Gasteiger partial charge is 0.321 e. The Morgan fingerprint density at radius 2 is 1.65 bits per heavy atom. The summed E-state index contributed by atoms with van der Waals surface area (Å²) in [6, 6.07) is 18.5. The fourth-order valence-corrected chi connectivity index (χ4v) is 3.08. The number of hydrogen-bond acceptors (Lipinski definition) is 2. The van der Waals surface area contributed by atoms with Crippen molar-refractivity contribution in [1.82, 2.24) is 19.6 Å². The summed E-state index contributed by atoms with van der Waals surface area (Å²) in [5.74, 6) is 0. The van der Waals surface area contributed by atoms with E-state index in [1.807, 2.05) is 28.9 Å². The molecule has 0 aliphatic carbocycles. The number of nitrogens with zero attached hydrogens (tertiary/aromatic N) is 4. The van der Waals surface area contributed by atoms with Gasteiger partial charge in [0.05, 0.1) is 12.1 Å². The SMILES string of the molecule is Cc1cn(-c2ccccc2)c(C)c1Cn1nnc2ccccc21. The van der Waals surface area contributed by atoms with Crippen molar-refractivity contribution in [2.24, 2.45) is 0 Å². The van der Waals surface area contributed by atoms with Crippen LogP contribution in [0.1, 0.15) is 16.8 Å². The highest BCUT2D eigenvalue weighted by Gasteiger charge is 2.13. The van der Waals surface area contributed by atoms with Crippen molar-refractivity contribution in [3.63, 3.8) is 0 Å². The van der Waals surface area contributed by atoms with Crippen LogP contribution < -0.4 is 0 Å². The summed E-state index contributed by atoms with van der Waals surface area (Å²) in [7, 11) is 0. The van der Waals surface area contributed by atoms with Gasteiger partial charge in [0.15, 0.2) is 0 Å². The van der Waals surface area contributed by atoms with Gasteiger partial charge in [-0.3, -0.25) is 0 Å². The minimum Gasteiger partial charge on any atom is -0.321 e. The lowest BCUT2D eigenvalue weighted by Gasteiger charge is -2.08. The molecule has 2 aromatic carbocycles. The van der Waals surface area contributed by atoms with Crippen LogP contribution in [0.15, 0.2) is 60.8 Å². The molecule has 0 saturated carbocycles. The Hall–Kier alpha value is -2.88. The number of rotatable bonds is 3. The predicted octanol–water partition coefficient (Wildman–Crippen LogP) is 3.89. The number of aromatic nitrogens is 4. The standard InChI is InChI=1S/C19H18N4/c1-14-12-22(16-8-4-3-5-9-16)15(2)17(14)13-23-19-11-7-6-10-18(19)20-21-23/h3-12H,13H2,1-2H3. The second-order valence-corrected chi connectivity index (χ2v) is 5.82. The van der Waals surface area contributed by atoms with E-state index in [9.17, 15) is 0 Å². The maximum atomic E-state index is 4.31. The zero-order chi connectivity index (χ0) is 15.8. The lowest BCUT2D eigenvalue weighted by Crippen LogP contribution is -2.04. The van der Waals surface area contributed by atoms with Crippen LogP contribution in [0.2, 0.25) is 0 Å². The van der Waals surface area contributed by atoms with E-state index in [0.29, 0.717) is 0 Å². The van der Waals surface area contributed by atoms with Crippen LogP contribution in [0.3, 0.4) is 0 Å². The molecule has 4 heteroatoms. The third-order valence-corrected chi connectivity index (χ3v) is 4.36. The Morgan fingerprint density at radius 3 is 2.48 bits per heavy atom. The molecule has 114 valence electrons. The normalized spacial score (nSPS) is 11.2. The summed E-state index contributed by atoms with van der Waals surface area (Å²) in [6.45, 7) is 5.05. The van der Waals surface area contributed by atoms with Crippen LogP contribution in [0.5, 0.6) is 0 Å². The highest BCUT2D eigenvalue weighted by molar-refractivity contribution is 5.73. The van der Waals surface area contributed by atoms with Crippen LogP contribution in [0.25, 0.3) is 16.7 Å². The molecule has 4 rings (SSSR count). The van der Waals surface area contributed by atoms with E-state index in [-0.39, 0.29) is 0 Å². The average molecular weight is 302 g/mol. The fraction of sp³-hybridized carbons (Fsp3) is 0.158. The average Bonchev–Trinajstić information content (AvgIpc) is 3.12. The highest BCUT2D eigenvalue weighted by atomic mass is 15.4. The molecule has 2 heterocycles. The Bertz CT molecular complexity index is 964. The number of fused-ring (bicyclic) bond motifs is 1. The molecule has 0 N–H and O–H groups in total. The van der Waals surface area contributed by atoms with Crippen molar-refractivity contribution >= 4 is 11.0 Å². The monoisotopic (exact) mass is 302 g/mol. The summed E-state index contributed by atoms with van der Waals surface area (Å²) in [4.78, 5) is 0. The van der Waals surface area contributed by atoms with E-state index in [1.165, 1.54) is 22.5 Å². The van der Waals surface area contributed by atoms with Crippen molar-refractivity contribution in [1.29, 1.82) is 0 Å². The van der Waals surface area contributed by atoms with Crippen LogP contribution in [0, 0.1) is 13.8 Å². The molecule has 23 heavy (non-hydrogen) atoms. The quantitative estimate of drug-likeness (QED) is 0.575. The van der Waals surface area contributed by atoms with Gasteiger partial charge in [0.2, 0.25) is 0 Å². The van der Waals surface area contributed by atoms with Gasteiger partial charge >= 0.3 is 0 Å². The Kier molecular flexibility index (Phi) is 3.23. The number of hydrogen-bond donors (Lipinski definition) is 0. The Morgan fingerprint density at radius 1 is 0.913 bits per heavy atom. The molecule has 0 fully saturated rings. The number of benzene rings is 2. The van der Waals surface area contributed by atoms with Gasteiger partial charge in [0.25, 0.3) is 0 Å². The topological polar surface area (TPSA) is 35.6 Å². The van der Waals surface area contributed by atoms with Gasteiger partial charge in [-0.05, 0) is 49.2 Å². The third-order valence-electron chi connectivity index (χ3n) is 4.36. The first-order valence-corrected chi connectivity index (χ1v) is 7.75. The number of para-hydroxylation sites is 2. The second-order valence-electron chi connectivity index (χ2n) is 5.82. The van der Waals surface area contributed by atoms with Crippen LogP contribution in [0.4, 0.5) is 0 Å². The van der Waals surface area contributed by atoms with Crippen molar-refractivity contribution in [2.75, 3.05) is 0 Å². The molecule has 0 radical (unpaired) electrons. The molecule has 0 bridgehead atoms.